The molecule has 6 heteroatoms. The Morgan fingerprint density at radius 3 is 2.63 bits per heavy atom. The van der Waals surface area contributed by atoms with Gasteiger partial charge in [-0.25, -0.2) is 4.98 Å². The fourth-order valence-corrected chi connectivity index (χ4v) is 4.83. The minimum Gasteiger partial charge on any atom is -0.345 e. The number of anilines is 1. The molecule has 1 aliphatic carbocycles. The number of hydrogen-bond acceptors (Lipinski definition) is 5. The van der Waals surface area contributed by atoms with Crippen molar-refractivity contribution in [1.29, 1.82) is 0 Å². The van der Waals surface area contributed by atoms with Gasteiger partial charge >= 0.3 is 0 Å². The van der Waals surface area contributed by atoms with E-state index in [9.17, 15) is 4.79 Å². The monoisotopic (exact) mass is 384 g/mol. The zero-order valence-electron chi connectivity index (χ0n) is 16.1. The van der Waals surface area contributed by atoms with Gasteiger partial charge in [0.15, 0.2) is 0 Å². The van der Waals surface area contributed by atoms with Crippen molar-refractivity contribution in [3.05, 3.63) is 41.2 Å². The van der Waals surface area contributed by atoms with Crippen LogP contribution in [0.3, 0.4) is 0 Å². The number of carbonyl (C=O) groups is 1. The Morgan fingerprint density at radius 1 is 1.07 bits per heavy atom. The molecule has 2 fully saturated rings. The molecule has 1 saturated carbocycles. The summed E-state index contributed by atoms with van der Waals surface area (Å²) in [5.74, 6) is 1.55. The van der Waals surface area contributed by atoms with Crippen LogP contribution >= 0.6 is 11.5 Å². The molecule has 27 heavy (non-hydrogen) atoms. The molecule has 4 rings (SSSR count). The van der Waals surface area contributed by atoms with Gasteiger partial charge in [-0.05, 0) is 31.7 Å². The zero-order valence-corrected chi connectivity index (χ0v) is 16.9. The molecule has 1 aromatic carbocycles. The van der Waals surface area contributed by atoms with Crippen molar-refractivity contribution in [2.75, 3.05) is 31.1 Å². The van der Waals surface area contributed by atoms with E-state index in [-0.39, 0.29) is 5.92 Å². The number of benzene rings is 1. The molecule has 0 bridgehead atoms. The lowest BCUT2D eigenvalue weighted by atomic mass is 10.1. The summed E-state index contributed by atoms with van der Waals surface area (Å²) >= 11 is 1.48. The van der Waals surface area contributed by atoms with Gasteiger partial charge in [-0.1, -0.05) is 42.7 Å². The van der Waals surface area contributed by atoms with Crippen LogP contribution in [0.2, 0.25) is 0 Å². The van der Waals surface area contributed by atoms with Crippen molar-refractivity contribution in [3.63, 3.8) is 0 Å². The maximum Gasteiger partial charge on any atom is 0.225 e. The number of carbonyl (C=O) groups excluding carboxylic acids is 1. The lowest BCUT2D eigenvalue weighted by Gasteiger charge is -2.24. The Kier molecular flexibility index (Phi) is 5.72. The number of nitrogens with zero attached hydrogens (tertiary/aromatic N) is 4. The molecule has 2 heterocycles. The van der Waals surface area contributed by atoms with E-state index in [2.05, 4.69) is 45.4 Å². The smallest absolute Gasteiger partial charge is 0.225 e. The summed E-state index contributed by atoms with van der Waals surface area (Å²) in [6.45, 7) is 5.59. The molecule has 144 valence electrons. The van der Waals surface area contributed by atoms with E-state index >= 15 is 0 Å². The number of hydrogen-bond donors (Lipinski definition) is 0. The standard InChI is InChI=1S/C21H28N4OS/c1-16-7-9-17(10-8-16)15-19-22-21(27-23-19)25-12-4-11-24(13-14-25)20(26)18-5-2-3-6-18/h7-10,18H,2-6,11-15H2,1H3. The van der Waals surface area contributed by atoms with Crippen LogP contribution in [0.4, 0.5) is 5.13 Å². The van der Waals surface area contributed by atoms with Crippen molar-refractivity contribution in [2.24, 2.45) is 5.92 Å². The first-order valence-corrected chi connectivity index (χ1v) is 10.9. The van der Waals surface area contributed by atoms with Crippen LogP contribution in [0.1, 0.15) is 49.1 Å². The van der Waals surface area contributed by atoms with Crippen molar-refractivity contribution in [2.45, 2.75) is 45.4 Å². The molecule has 0 spiro atoms. The molecule has 1 aliphatic heterocycles. The highest BCUT2D eigenvalue weighted by Gasteiger charge is 2.28. The van der Waals surface area contributed by atoms with Gasteiger partial charge in [-0.2, -0.15) is 4.37 Å². The first kappa shape index (κ1) is 18.4. The van der Waals surface area contributed by atoms with Crippen LogP contribution in [0.15, 0.2) is 24.3 Å². The second kappa shape index (κ2) is 8.38. The van der Waals surface area contributed by atoms with Crippen LogP contribution in [-0.4, -0.2) is 46.3 Å². The third-order valence-corrected chi connectivity index (χ3v) is 6.54. The molecule has 5 nitrogen and oxygen atoms in total. The van der Waals surface area contributed by atoms with Gasteiger partial charge in [0.1, 0.15) is 5.82 Å². The fraction of sp³-hybridized carbons (Fsp3) is 0.571. The molecule has 0 unspecified atom stereocenters. The summed E-state index contributed by atoms with van der Waals surface area (Å²) in [5.41, 5.74) is 2.51. The first-order chi connectivity index (χ1) is 13.2. The predicted octanol–water partition coefficient (Wildman–Crippen LogP) is 3.67. The zero-order chi connectivity index (χ0) is 18.6. The second-order valence-corrected chi connectivity index (χ2v) is 8.53. The highest BCUT2D eigenvalue weighted by atomic mass is 32.1. The molecule has 0 radical (unpaired) electrons. The predicted molar refractivity (Wildman–Crippen MR) is 109 cm³/mol. The Balaban J connectivity index is 1.36. The third kappa shape index (κ3) is 4.49. The van der Waals surface area contributed by atoms with Crippen molar-refractivity contribution in [1.82, 2.24) is 14.3 Å². The van der Waals surface area contributed by atoms with E-state index in [1.54, 1.807) is 0 Å². The number of aromatic nitrogens is 2. The first-order valence-electron chi connectivity index (χ1n) is 10.1. The molecule has 2 aliphatic rings. The van der Waals surface area contributed by atoms with Crippen LogP contribution in [0.5, 0.6) is 0 Å². The van der Waals surface area contributed by atoms with E-state index in [0.717, 1.165) is 62.8 Å². The summed E-state index contributed by atoms with van der Waals surface area (Å²) in [6.07, 6.45) is 6.37. The normalized spacial score (nSPS) is 18.7. The molecular weight excluding hydrogens is 356 g/mol. The average molecular weight is 385 g/mol. The maximum absolute atomic E-state index is 12.7. The summed E-state index contributed by atoms with van der Waals surface area (Å²) in [5, 5.41) is 0.993. The lowest BCUT2D eigenvalue weighted by Crippen LogP contribution is -2.38. The second-order valence-electron chi connectivity index (χ2n) is 7.80. The van der Waals surface area contributed by atoms with E-state index < -0.39 is 0 Å². The largest absolute Gasteiger partial charge is 0.345 e. The highest BCUT2D eigenvalue weighted by Crippen LogP contribution is 2.27. The molecule has 0 N–H and O–H groups in total. The molecule has 1 amide bonds. The summed E-state index contributed by atoms with van der Waals surface area (Å²) in [6, 6.07) is 8.56. The number of amides is 1. The molecule has 1 aromatic heterocycles. The number of rotatable bonds is 4. The lowest BCUT2D eigenvalue weighted by molar-refractivity contribution is -0.135. The maximum atomic E-state index is 12.7. The van der Waals surface area contributed by atoms with E-state index in [4.69, 9.17) is 4.98 Å². The quantitative estimate of drug-likeness (QED) is 0.807. The third-order valence-electron chi connectivity index (χ3n) is 5.72. The molecule has 0 atom stereocenters. The Morgan fingerprint density at radius 2 is 1.85 bits per heavy atom. The van der Waals surface area contributed by atoms with Crippen LogP contribution < -0.4 is 4.90 Å². The Bertz CT molecular complexity index is 767. The van der Waals surface area contributed by atoms with Gasteiger partial charge in [0.05, 0.1) is 0 Å². The average Bonchev–Trinajstić information content (AvgIpc) is 3.31. The summed E-state index contributed by atoms with van der Waals surface area (Å²) in [7, 11) is 0. The van der Waals surface area contributed by atoms with Gasteiger partial charge in [0, 0.05) is 50.1 Å². The molecule has 2 aromatic rings. The Labute approximate surface area is 165 Å². The minimum atomic E-state index is 0.277. The fourth-order valence-electron chi connectivity index (χ4n) is 4.09. The molecular formula is C21H28N4OS. The minimum absolute atomic E-state index is 0.277. The van der Waals surface area contributed by atoms with Crippen molar-refractivity contribution < 1.29 is 4.79 Å². The van der Waals surface area contributed by atoms with Crippen molar-refractivity contribution >= 4 is 22.6 Å². The highest BCUT2D eigenvalue weighted by molar-refractivity contribution is 7.09. The van der Waals surface area contributed by atoms with Gasteiger partial charge in [-0.3, -0.25) is 4.79 Å². The number of aryl methyl sites for hydroxylation is 1. The van der Waals surface area contributed by atoms with E-state index in [1.807, 2.05) is 0 Å². The SMILES string of the molecule is Cc1ccc(Cc2nsc(N3CCCN(C(=O)C4CCCC4)CC3)n2)cc1. The van der Waals surface area contributed by atoms with E-state index in [0.29, 0.717) is 5.91 Å². The van der Waals surface area contributed by atoms with E-state index in [1.165, 1.54) is 35.5 Å². The van der Waals surface area contributed by atoms with Gasteiger partial charge in [0.25, 0.3) is 0 Å². The van der Waals surface area contributed by atoms with Crippen molar-refractivity contribution in [3.8, 4) is 0 Å². The van der Waals surface area contributed by atoms with Crippen LogP contribution in [0, 0.1) is 12.8 Å². The summed E-state index contributed by atoms with van der Waals surface area (Å²) < 4.78 is 4.57. The van der Waals surface area contributed by atoms with Crippen LogP contribution in [0.25, 0.3) is 0 Å². The molecule has 1 saturated heterocycles. The van der Waals surface area contributed by atoms with Gasteiger partial charge in [-0.15, -0.1) is 0 Å². The summed E-state index contributed by atoms with van der Waals surface area (Å²) in [4.78, 5) is 21.9. The van der Waals surface area contributed by atoms with Crippen LogP contribution in [-0.2, 0) is 11.2 Å². The van der Waals surface area contributed by atoms with Gasteiger partial charge < -0.3 is 9.80 Å². The van der Waals surface area contributed by atoms with Gasteiger partial charge in [0.2, 0.25) is 11.0 Å². The topological polar surface area (TPSA) is 49.3 Å². The Hall–Kier alpha value is -1.95.